The van der Waals surface area contributed by atoms with Crippen molar-refractivity contribution in [1.29, 1.82) is 0 Å². The number of carbonyl (C=O) groups is 1. The summed E-state index contributed by atoms with van der Waals surface area (Å²) in [6.07, 6.45) is 7.78. The van der Waals surface area contributed by atoms with E-state index in [0.29, 0.717) is 24.4 Å². The molecular weight excluding hydrogens is 350 g/mol. The Kier molecular flexibility index (Phi) is 5.96. The summed E-state index contributed by atoms with van der Waals surface area (Å²) in [5, 5.41) is 6.23. The van der Waals surface area contributed by atoms with Crippen molar-refractivity contribution in [2.75, 3.05) is 5.32 Å². The van der Waals surface area contributed by atoms with Crippen LogP contribution in [0.5, 0.6) is 0 Å². The Morgan fingerprint density at radius 3 is 2.65 bits per heavy atom. The zero-order valence-corrected chi connectivity index (χ0v) is 16.0. The lowest BCUT2D eigenvalue weighted by Gasteiger charge is -2.21. The molecule has 1 aromatic carbocycles. The number of amidine groups is 1. The minimum atomic E-state index is -3.67. The molecule has 1 aromatic rings. The van der Waals surface area contributed by atoms with Crippen molar-refractivity contribution in [3.63, 3.8) is 0 Å². The van der Waals surface area contributed by atoms with Crippen molar-refractivity contribution in [3.05, 3.63) is 24.3 Å². The van der Waals surface area contributed by atoms with Crippen LogP contribution in [0.25, 0.3) is 0 Å². The summed E-state index contributed by atoms with van der Waals surface area (Å²) in [6, 6.07) is 7.02. The van der Waals surface area contributed by atoms with E-state index >= 15 is 0 Å². The molecule has 2 aliphatic rings. The van der Waals surface area contributed by atoms with Gasteiger partial charge >= 0.3 is 0 Å². The summed E-state index contributed by atoms with van der Waals surface area (Å²) in [6.45, 7) is 1.95. The summed E-state index contributed by atoms with van der Waals surface area (Å²) in [4.78, 5) is 12.5. The van der Waals surface area contributed by atoms with Crippen molar-refractivity contribution >= 4 is 27.5 Å². The monoisotopic (exact) mass is 377 g/mol. The highest BCUT2D eigenvalue weighted by Gasteiger charge is 2.25. The number of hydrogen-bond donors (Lipinski definition) is 2. The van der Waals surface area contributed by atoms with Gasteiger partial charge in [0.25, 0.3) is 10.0 Å². The molecule has 6 nitrogen and oxygen atoms in total. The number of nitrogens with one attached hydrogen (secondary N) is 2. The maximum Gasteiger partial charge on any atom is 0.286 e. The second-order valence-corrected chi connectivity index (χ2v) is 8.98. The number of rotatable bonds is 5. The van der Waals surface area contributed by atoms with E-state index in [0.717, 1.165) is 12.8 Å². The molecule has 3 rings (SSSR count). The Morgan fingerprint density at radius 1 is 1.23 bits per heavy atom. The number of sulfonamides is 1. The molecule has 1 atom stereocenters. The largest absolute Gasteiger partial charge is 0.353 e. The van der Waals surface area contributed by atoms with E-state index in [9.17, 15) is 13.2 Å². The maximum atomic E-state index is 12.3. The van der Waals surface area contributed by atoms with Gasteiger partial charge in [-0.15, -0.1) is 4.40 Å². The van der Waals surface area contributed by atoms with Crippen LogP contribution in [0.3, 0.4) is 0 Å². The van der Waals surface area contributed by atoms with E-state index in [1.807, 2.05) is 6.92 Å². The molecule has 7 heteroatoms. The van der Waals surface area contributed by atoms with Gasteiger partial charge in [0.05, 0.1) is 5.69 Å². The number of anilines is 1. The molecule has 1 amide bonds. The minimum absolute atomic E-state index is 0.00694. The molecule has 0 unspecified atom stereocenters. The number of para-hydroxylation sites is 1. The normalized spacial score (nSPS) is 20.9. The van der Waals surface area contributed by atoms with Gasteiger partial charge in [0.1, 0.15) is 10.7 Å². The van der Waals surface area contributed by atoms with Crippen molar-refractivity contribution < 1.29 is 13.2 Å². The van der Waals surface area contributed by atoms with Crippen molar-refractivity contribution in [2.45, 2.75) is 69.2 Å². The summed E-state index contributed by atoms with van der Waals surface area (Å²) >= 11 is 0. The predicted molar refractivity (Wildman–Crippen MR) is 103 cm³/mol. The lowest BCUT2D eigenvalue weighted by molar-refractivity contribution is -0.122. The van der Waals surface area contributed by atoms with E-state index in [4.69, 9.17) is 0 Å². The molecule has 1 aliphatic carbocycles. The highest BCUT2D eigenvalue weighted by atomic mass is 32.2. The molecule has 1 heterocycles. The highest BCUT2D eigenvalue weighted by molar-refractivity contribution is 7.90. The average molecular weight is 378 g/mol. The molecule has 1 fully saturated rings. The van der Waals surface area contributed by atoms with Crippen LogP contribution in [0.1, 0.15) is 58.3 Å². The second-order valence-electron chi connectivity index (χ2n) is 7.40. The fourth-order valence-electron chi connectivity index (χ4n) is 3.68. The van der Waals surface area contributed by atoms with Crippen molar-refractivity contribution in [1.82, 2.24) is 5.32 Å². The Morgan fingerprint density at radius 2 is 1.92 bits per heavy atom. The molecule has 26 heavy (non-hydrogen) atoms. The van der Waals surface area contributed by atoms with Gasteiger partial charge in [0.15, 0.2) is 0 Å². The van der Waals surface area contributed by atoms with Gasteiger partial charge in [0.2, 0.25) is 5.91 Å². The fraction of sp³-hybridized carbons (Fsp3) is 0.579. The predicted octanol–water partition coefficient (Wildman–Crippen LogP) is 3.45. The molecule has 1 aliphatic heterocycles. The van der Waals surface area contributed by atoms with E-state index in [1.54, 1.807) is 24.3 Å². The van der Waals surface area contributed by atoms with Crippen LogP contribution in [0, 0.1) is 5.92 Å². The van der Waals surface area contributed by atoms with Gasteiger partial charge in [-0.25, -0.2) is 0 Å². The van der Waals surface area contributed by atoms with Crippen molar-refractivity contribution in [3.8, 4) is 0 Å². The molecule has 0 aromatic heterocycles. The van der Waals surface area contributed by atoms with Gasteiger partial charge < -0.3 is 10.6 Å². The van der Waals surface area contributed by atoms with Crippen LogP contribution in [0.2, 0.25) is 0 Å². The number of benzene rings is 1. The Bertz CT molecular complexity index is 781. The Labute approximate surface area is 155 Å². The zero-order valence-electron chi connectivity index (χ0n) is 15.2. The van der Waals surface area contributed by atoms with Crippen LogP contribution < -0.4 is 10.6 Å². The standard InChI is InChI=1S/C19H27N3O3S/c1-14(13-19(23)20-15-8-4-2-3-5-9-15)12-18-21-16-10-6-7-11-17(16)26(24,25)22-18/h6-7,10-11,14-15H,2-5,8-9,12-13H2,1H3,(H,20,23)(H,21,22)/t14-/m0/s1. The quantitative estimate of drug-likeness (QED) is 0.769. The van der Waals surface area contributed by atoms with Gasteiger partial charge in [-0.05, 0) is 30.9 Å². The summed E-state index contributed by atoms with van der Waals surface area (Å²) in [5.74, 6) is 0.454. The third kappa shape index (κ3) is 4.84. The molecule has 2 N–H and O–H groups in total. The minimum Gasteiger partial charge on any atom is -0.353 e. The van der Waals surface area contributed by atoms with Crippen LogP contribution in [0.4, 0.5) is 5.69 Å². The van der Waals surface area contributed by atoms with Gasteiger partial charge in [-0.3, -0.25) is 4.79 Å². The molecule has 0 bridgehead atoms. The van der Waals surface area contributed by atoms with Crippen LogP contribution in [-0.2, 0) is 14.8 Å². The third-order valence-corrected chi connectivity index (χ3v) is 6.34. The highest BCUT2D eigenvalue weighted by Crippen LogP contribution is 2.28. The van der Waals surface area contributed by atoms with E-state index in [1.165, 1.54) is 25.7 Å². The number of fused-ring (bicyclic) bond motifs is 1. The van der Waals surface area contributed by atoms with Gasteiger partial charge in [0, 0.05) is 18.9 Å². The van der Waals surface area contributed by atoms with Gasteiger partial charge in [-0.2, -0.15) is 8.42 Å². The SMILES string of the molecule is C[C@H](CC(=O)NC1CCCCCC1)CC1=NS(=O)(=O)c2ccccc2N1. The Hall–Kier alpha value is -1.89. The molecule has 0 saturated heterocycles. The molecule has 142 valence electrons. The second kappa shape index (κ2) is 8.20. The van der Waals surface area contributed by atoms with E-state index < -0.39 is 10.0 Å². The Balaban J connectivity index is 1.56. The summed E-state index contributed by atoms with van der Waals surface area (Å²) in [5.41, 5.74) is 0.549. The molecule has 0 radical (unpaired) electrons. The lowest BCUT2D eigenvalue weighted by Crippen LogP contribution is -2.35. The van der Waals surface area contributed by atoms with Crippen LogP contribution in [0.15, 0.2) is 33.6 Å². The maximum absolute atomic E-state index is 12.3. The van der Waals surface area contributed by atoms with Crippen LogP contribution in [-0.4, -0.2) is 26.2 Å². The fourth-order valence-corrected chi connectivity index (χ4v) is 4.84. The third-order valence-electron chi connectivity index (χ3n) is 4.97. The summed E-state index contributed by atoms with van der Waals surface area (Å²) < 4.78 is 28.4. The van der Waals surface area contributed by atoms with Crippen LogP contribution >= 0.6 is 0 Å². The first-order chi connectivity index (χ1) is 12.4. The zero-order chi connectivity index (χ0) is 18.6. The number of hydrogen-bond acceptors (Lipinski definition) is 4. The van der Waals surface area contributed by atoms with Crippen molar-refractivity contribution in [2.24, 2.45) is 10.3 Å². The first-order valence-corrected chi connectivity index (χ1v) is 10.9. The first kappa shape index (κ1) is 18.9. The number of nitrogens with zero attached hydrogens (tertiary/aromatic N) is 1. The molecule has 0 spiro atoms. The molecule has 1 saturated carbocycles. The topological polar surface area (TPSA) is 87.6 Å². The van der Waals surface area contributed by atoms with E-state index in [-0.39, 0.29) is 22.8 Å². The average Bonchev–Trinajstić information content (AvgIpc) is 2.82. The smallest absolute Gasteiger partial charge is 0.286 e. The summed E-state index contributed by atoms with van der Waals surface area (Å²) in [7, 11) is -3.67. The van der Waals surface area contributed by atoms with Gasteiger partial charge in [-0.1, -0.05) is 44.7 Å². The lowest BCUT2D eigenvalue weighted by atomic mass is 10.0. The number of amides is 1. The number of carbonyl (C=O) groups excluding carboxylic acids is 1. The first-order valence-electron chi connectivity index (χ1n) is 9.43. The van der Waals surface area contributed by atoms with E-state index in [2.05, 4.69) is 15.0 Å². The molecular formula is C19H27N3O3S.